The average molecular weight is 418 g/mol. The van der Waals surface area contributed by atoms with Crippen LogP contribution in [0.2, 0.25) is 0 Å². The maximum Gasteiger partial charge on any atom is 0.303 e. The largest absolute Gasteiger partial charge is 0.481 e. The van der Waals surface area contributed by atoms with Crippen LogP contribution in [0.4, 0.5) is 0 Å². The Kier molecular flexibility index (Phi) is 8.01. The fraction of sp³-hybridized carbons (Fsp3) is 0.565. The van der Waals surface area contributed by atoms with Gasteiger partial charge in [-0.2, -0.15) is 0 Å². The van der Waals surface area contributed by atoms with Gasteiger partial charge in [0.25, 0.3) is 0 Å². The minimum atomic E-state index is -1.02. The smallest absolute Gasteiger partial charge is 0.303 e. The standard InChI is InChI=1S/C23H30O7/c24-18(23-29-14-15-7-5-6-9-21(15)30-23)12-11-17-16(19(25)13-20(17)26)8-3-1-2-4-10-22(27)28/h5-7,9,11-12,16-18,20,23-24,26H,1-4,8,10,13-14H2,(H,27,28)/t16-,17-,18-,20-,23+/m1/s1. The van der Waals surface area contributed by atoms with Gasteiger partial charge in [-0.1, -0.05) is 49.6 Å². The zero-order chi connectivity index (χ0) is 21.5. The van der Waals surface area contributed by atoms with Crippen LogP contribution in [0.5, 0.6) is 5.75 Å². The molecule has 1 saturated carbocycles. The predicted octanol–water partition coefficient (Wildman–Crippen LogP) is 2.83. The Morgan fingerprint density at radius 1 is 1.20 bits per heavy atom. The van der Waals surface area contributed by atoms with Crippen LogP contribution >= 0.6 is 0 Å². The third kappa shape index (κ3) is 5.90. The highest BCUT2D eigenvalue weighted by atomic mass is 16.7. The number of para-hydroxylation sites is 1. The Balaban J connectivity index is 1.51. The molecule has 0 bridgehead atoms. The highest BCUT2D eigenvalue weighted by molar-refractivity contribution is 5.84. The molecule has 1 heterocycles. The molecule has 0 radical (unpaired) electrons. The number of rotatable bonds is 10. The fourth-order valence-corrected chi connectivity index (χ4v) is 4.16. The van der Waals surface area contributed by atoms with E-state index in [0.29, 0.717) is 25.2 Å². The van der Waals surface area contributed by atoms with E-state index in [9.17, 15) is 19.8 Å². The monoisotopic (exact) mass is 418 g/mol. The van der Waals surface area contributed by atoms with Crippen LogP contribution in [0.3, 0.4) is 0 Å². The second-order valence-electron chi connectivity index (χ2n) is 8.05. The zero-order valence-corrected chi connectivity index (χ0v) is 17.0. The second-order valence-corrected chi connectivity index (χ2v) is 8.05. The van der Waals surface area contributed by atoms with Crippen molar-refractivity contribution in [1.82, 2.24) is 0 Å². The van der Waals surface area contributed by atoms with Crippen molar-refractivity contribution in [3.05, 3.63) is 42.0 Å². The number of hydrogen-bond donors (Lipinski definition) is 3. The fourth-order valence-electron chi connectivity index (χ4n) is 4.16. The molecule has 7 heteroatoms. The van der Waals surface area contributed by atoms with Crippen LogP contribution in [-0.4, -0.2) is 45.6 Å². The summed E-state index contributed by atoms with van der Waals surface area (Å²) in [6.07, 6.45) is 4.70. The second kappa shape index (κ2) is 10.7. The van der Waals surface area contributed by atoms with Gasteiger partial charge < -0.3 is 24.8 Å². The molecular weight excluding hydrogens is 388 g/mol. The highest BCUT2D eigenvalue weighted by Gasteiger charge is 2.39. The topological polar surface area (TPSA) is 113 Å². The van der Waals surface area contributed by atoms with Gasteiger partial charge in [0.1, 0.15) is 17.6 Å². The molecule has 2 aliphatic rings. The van der Waals surface area contributed by atoms with E-state index in [1.54, 1.807) is 12.2 Å². The van der Waals surface area contributed by atoms with Crippen LogP contribution in [0.25, 0.3) is 0 Å². The maximum atomic E-state index is 12.3. The Labute approximate surface area is 176 Å². The number of aliphatic carboxylic acids is 1. The summed E-state index contributed by atoms with van der Waals surface area (Å²) in [6.45, 7) is 0.348. The van der Waals surface area contributed by atoms with Crippen molar-refractivity contribution in [2.75, 3.05) is 0 Å². The molecule has 0 aromatic heterocycles. The number of hydrogen-bond acceptors (Lipinski definition) is 6. The Morgan fingerprint density at radius 3 is 2.77 bits per heavy atom. The first kappa shape index (κ1) is 22.5. The van der Waals surface area contributed by atoms with Crippen LogP contribution in [0.15, 0.2) is 36.4 Å². The van der Waals surface area contributed by atoms with Crippen molar-refractivity contribution in [3.63, 3.8) is 0 Å². The zero-order valence-electron chi connectivity index (χ0n) is 17.0. The lowest BCUT2D eigenvalue weighted by atomic mass is 9.88. The summed E-state index contributed by atoms with van der Waals surface area (Å²) in [5.74, 6) is -0.699. The summed E-state index contributed by atoms with van der Waals surface area (Å²) in [5.41, 5.74) is 0.921. The van der Waals surface area contributed by atoms with Gasteiger partial charge in [0.2, 0.25) is 6.29 Å². The van der Waals surface area contributed by atoms with E-state index >= 15 is 0 Å². The van der Waals surface area contributed by atoms with Crippen molar-refractivity contribution in [1.29, 1.82) is 0 Å². The third-order valence-corrected chi connectivity index (χ3v) is 5.82. The van der Waals surface area contributed by atoms with E-state index in [1.807, 2.05) is 24.3 Å². The number of Topliss-reactive ketones (excluding diaryl/α,β-unsaturated/α-hetero) is 1. The quantitative estimate of drug-likeness (QED) is 0.395. The van der Waals surface area contributed by atoms with Crippen LogP contribution in [-0.2, 0) is 20.9 Å². The van der Waals surface area contributed by atoms with Crippen molar-refractivity contribution >= 4 is 11.8 Å². The Hall–Kier alpha value is -2.22. The molecule has 1 aliphatic heterocycles. The van der Waals surface area contributed by atoms with Crippen LogP contribution in [0, 0.1) is 11.8 Å². The number of unbranched alkanes of at least 4 members (excludes halogenated alkanes) is 3. The molecule has 0 spiro atoms. The molecule has 1 fully saturated rings. The molecule has 164 valence electrons. The molecule has 0 unspecified atom stereocenters. The van der Waals surface area contributed by atoms with Gasteiger partial charge in [-0.15, -0.1) is 0 Å². The van der Waals surface area contributed by atoms with Crippen molar-refractivity contribution in [2.24, 2.45) is 11.8 Å². The molecule has 3 N–H and O–H groups in total. The summed E-state index contributed by atoms with van der Waals surface area (Å²) < 4.78 is 11.3. The Morgan fingerprint density at radius 2 is 1.97 bits per heavy atom. The lowest BCUT2D eigenvalue weighted by Gasteiger charge is -2.28. The van der Waals surface area contributed by atoms with Gasteiger partial charge in [0, 0.05) is 30.2 Å². The maximum absolute atomic E-state index is 12.3. The number of carbonyl (C=O) groups excluding carboxylic acids is 1. The Bertz CT molecular complexity index is 760. The minimum absolute atomic E-state index is 0.0382. The molecule has 0 saturated heterocycles. The van der Waals surface area contributed by atoms with Gasteiger partial charge in [-0.05, 0) is 18.9 Å². The summed E-state index contributed by atoms with van der Waals surface area (Å²) >= 11 is 0. The number of carbonyl (C=O) groups is 2. The van der Waals surface area contributed by atoms with E-state index in [1.165, 1.54) is 0 Å². The molecule has 0 amide bonds. The number of carboxylic acid groups (broad SMARTS) is 1. The van der Waals surface area contributed by atoms with Crippen molar-refractivity contribution < 1.29 is 34.4 Å². The van der Waals surface area contributed by atoms with Gasteiger partial charge in [0.15, 0.2) is 0 Å². The molecule has 1 aromatic carbocycles. The number of aliphatic hydroxyl groups excluding tert-OH is 2. The van der Waals surface area contributed by atoms with Gasteiger partial charge in [0.05, 0.1) is 12.7 Å². The highest BCUT2D eigenvalue weighted by Crippen LogP contribution is 2.35. The number of aliphatic hydroxyl groups is 2. The van der Waals surface area contributed by atoms with E-state index in [0.717, 1.165) is 24.8 Å². The van der Waals surface area contributed by atoms with Gasteiger partial charge in [-0.3, -0.25) is 9.59 Å². The van der Waals surface area contributed by atoms with Gasteiger partial charge >= 0.3 is 5.97 Å². The van der Waals surface area contributed by atoms with Gasteiger partial charge in [-0.25, -0.2) is 0 Å². The number of ketones is 1. The van der Waals surface area contributed by atoms with Crippen molar-refractivity contribution in [2.45, 2.75) is 70.1 Å². The molecule has 30 heavy (non-hydrogen) atoms. The summed E-state index contributed by atoms with van der Waals surface area (Å²) in [5, 5.41) is 29.4. The minimum Gasteiger partial charge on any atom is -0.481 e. The summed E-state index contributed by atoms with van der Waals surface area (Å²) in [7, 11) is 0. The lowest BCUT2D eigenvalue weighted by Crippen LogP contribution is -2.36. The first-order chi connectivity index (χ1) is 14.5. The summed E-state index contributed by atoms with van der Waals surface area (Å²) in [6, 6.07) is 7.48. The van der Waals surface area contributed by atoms with E-state index in [-0.39, 0.29) is 30.5 Å². The van der Waals surface area contributed by atoms with E-state index in [4.69, 9.17) is 14.6 Å². The molecule has 3 rings (SSSR count). The number of ether oxygens (including phenoxy) is 2. The first-order valence-electron chi connectivity index (χ1n) is 10.6. The number of fused-ring (bicyclic) bond motifs is 1. The number of benzene rings is 1. The average Bonchev–Trinajstić information content (AvgIpc) is 3.00. The lowest BCUT2D eigenvalue weighted by molar-refractivity contribution is -0.152. The molecule has 1 aromatic rings. The van der Waals surface area contributed by atoms with E-state index in [2.05, 4.69) is 0 Å². The first-order valence-corrected chi connectivity index (χ1v) is 10.6. The predicted molar refractivity (Wildman–Crippen MR) is 109 cm³/mol. The van der Waals surface area contributed by atoms with E-state index < -0.39 is 24.5 Å². The third-order valence-electron chi connectivity index (χ3n) is 5.82. The molecule has 1 aliphatic carbocycles. The van der Waals surface area contributed by atoms with Crippen LogP contribution in [0.1, 0.15) is 50.5 Å². The molecule has 5 atom stereocenters. The molecule has 7 nitrogen and oxygen atoms in total. The normalized spacial score (nSPS) is 27.1. The molecular formula is C23H30O7. The van der Waals surface area contributed by atoms with Crippen LogP contribution < -0.4 is 4.74 Å². The SMILES string of the molecule is O=C(O)CCCCCC[C@H]1C(=O)C[C@@H](O)[C@@H]1C=C[C@@H](O)[C@H]1OCc2ccccc2O1. The number of carboxylic acids is 1. The summed E-state index contributed by atoms with van der Waals surface area (Å²) in [4.78, 5) is 22.9. The van der Waals surface area contributed by atoms with Crippen molar-refractivity contribution in [3.8, 4) is 5.75 Å².